The number of rotatable bonds is 2. The molecule has 1 aromatic carbocycles. The molecule has 1 rings (SSSR count). The first-order valence-electron chi connectivity index (χ1n) is 4.37. The summed E-state index contributed by atoms with van der Waals surface area (Å²) in [5, 5.41) is 15.3. The lowest BCUT2D eigenvalue weighted by Gasteiger charge is -2.08. The fourth-order valence-corrected chi connectivity index (χ4v) is 1.58. The maximum Gasteiger partial charge on any atom is 0.133 e. The van der Waals surface area contributed by atoms with Crippen molar-refractivity contribution in [2.45, 2.75) is 13.0 Å². The molecule has 0 aliphatic carbocycles. The van der Waals surface area contributed by atoms with E-state index in [1.165, 1.54) is 12.1 Å². The standard InChI is InChI=1S/C10H12FN3S/c1-6(12)9(13)15-10(14)7-4-2-3-5-8(7)11/h2-6,13-14H,12H2,1H3/t6-/m1/s1. The Morgan fingerprint density at radius 2 is 2.00 bits per heavy atom. The zero-order valence-corrected chi connectivity index (χ0v) is 9.07. The Hall–Kier alpha value is -1.20. The van der Waals surface area contributed by atoms with E-state index in [9.17, 15) is 4.39 Å². The monoisotopic (exact) mass is 225 g/mol. The molecule has 15 heavy (non-hydrogen) atoms. The third-order valence-electron chi connectivity index (χ3n) is 1.74. The molecule has 0 bridgehead atoms. The number of thioether (sulfide) groups is 1. The van der Waals surface area contributed by atoms with E-state index in [1.54, 1.807) is 19.1 Å². The molecule has 0 fully saturated rings. The van der Waals surface area contributed by atoms with Crippen LogP contribution in [0.3, 0.4) is 0 Å². The predicted octanol–water partition coefficient (Wildman–Crippen LogP) is 2.21. The average Bonchev–Trinajstić information content (AvgIpc) is 2.18. The summed E-state index contributed by atoms with van der Waals surface area (Å²) in [7, 11) is 0. The first-order valence-corrected chi connectivity index (χ1v) is 5.19. The van der Waals surface area contributed by atoms with Crippen molar-refractivity contribution in [3.05, 3.63) is 35.6 Å². The van der Waals surface area contributed by atoms with Crippen LogP contribution >= 0.6 is 11.8 Å². The van der Waals surface area contributed by atoms with Gasteiger partial charge in [-0.25, -0.2) is 4.39 Å². The fraction of sp³-hybridized carbons (Fsp3) is 0.200. The molecule has 0 aliphatic rings. The molecule has 3 nitrogen and oxygen atoms in total. The van der Waals surface area contributed by atoms with Crippen molar-refractivity contribution in [3.63, 3.8) is 0 Å². The van der Waals surface area contributed by atoms with Gasteiger partial charge in [-0.2, -0.15) is 0 Å². The molecule has 0 spiro atoms. The van der Waals surface area contributed by atoms with Gasteiger partial charge in [-0.15, -0.1) is 0 Å². The summed E-state index contributed by atoms with van der Waals surface area (Å²) in [5.41, 5.74) is 5.67. The summed E-state index contributed by atoms with van der Waals surface area (Å²) >= 11 is 0.877. The third kappa shape index (κ3) is 3.14. The summed E-state index contributed by atoms with van der Waals surface area (Å²) in [6.45, 7) is 1.66. The Kier molecular flexibility index (Phi) is 3.99. The normalized spacial score (nSPS) is 12.2. The van der Waals surface area contributed by atoms with Gasteiger partial charge in [0.2, 0.25) is 0 Å². The largest absolute Gasteiger partial charge is 0.322 e. The van der Waals surface area contributed by atoms with Gasteiger partial charge in [-0.3, -0.25) is 10.8 Å². The Bertz CT molecular complexity index is 390. The van der Waals surface area contributed by atoms with Crippen LogP contribution in [0, 0.1) is 16.6 Å². The van der Waals surface area contributed by atoms with Gasteiger partial charge in [-0.05, 0) is 19.1 Å². The van der Waals surface area contributed by atoms with Crippen LogP contribution < -0.4 is 5.73 Å². The molecule has 0 aromatic heterocycles. The number of benzene rings is 1. The van der Waals surface area contributed by atoms with E-state index in [1.807, 2.05) is 0 Å². The molecule has 0 aliphatic heterocycles. The van der Waals surface area contributed by atoms with Crippen molar-refractivity contribution in [2.24, 2.45) is 5.73 Å². The Morgan fingerprint density at radius 1 is 1.40 bits per heavy atom. The quantitative estimate of drug-likeness (QED) is 0.533. The molecular weight excluding hydrogens is 213 g/mol. The zero-order valence-electron chi connectivity index (χ0n) is 8.25. The fourth-order valence-electron chi connectivity index (χ4n) is 0.903. The highest BCUT2D eigenvalue weighted by Gasteiger charge is 2.12. The van der Waals surface area contributed by atoms with Gasteiger partial charge in [0.15, 0.2) is 0 Å². The molecule has 1 atom stereocenters. The van der Waals surface area contributed by atoms with Crippen LogP contribution in [0.25, 0.3) is 0 Å². The number of nitrogens with two attached hydrogens (primary N) is 1. The first-order chi connectivity index (χ1) is 7.02. The van der Waals surface area contributed by atoms with Crippen LogP contribution in [0.15, 0.2) is 24.3 Å². The maximum atomic E-state index is 13.2. The van der Waals surface area contributed by atoms with E-state index in [0.29, 0.717) is 0 Å². The van der Waals surface area contributed by atoms with Gasteiger partial charge in [0, 0.05) is 5.56 Å². The molecule has 4 N–H and O–H groups in total. The van der Waals surface area contributed by atoms with E-state index in [4.69, 9.17) is 16.6 Å². The van der Waals surface area contributed by atoms with Crippen molar-refractivity contribution >= 4 is 21.8 Å². The van der Waals surface area contributed by atoms with Crippen molar-refractivity contribution in [3.8, 4) is 0 Å². The van der Waals surface area contributed by atoms with Gasteiger partial charge in [0.05, 0.1) is 11.1 Å². The highest BCUT2D eigenvalue weighted by Crippen LogP contribution is 2.17. The van der Waals surface area contributed by atoms with Crippen molar-refractivity contribution in [2.75, 3.05) is 0 Å². The molecular formula is C10H12FN3S. The highest BCUT2D eigenvalue weighted by molar-refractivity contribution is 8.26. The second-order valence-corrected chi connectivity index (χ2v) is 4.12. The third-order valence-corrected chi connectivity index (χ3v) is 2.76. The maximum absolute atomic E-state index is 13.2. The Labute approximate surface area is 91.9 Å². The lowest BCUT2D eigenvalue weighted by molar-refractivity contribution is 0.625. The minimum absolute atomic E-state index is 0.00963. The second-order valence-electron chi connectivity index (χ2n) is 3.06. The minimum Gasteiger partial charge on any atom is -0.322 e. The van der Waals surface area contributed by atoms with E-state index in [2.05, 4.69) is 0 Å². The zero-order chi connectivity index (χ0) is 11.4. The summed E-state index contributed by atoms with van der Waals surface area (Å²) in [5.74, 6) is -0.451. The summed E-state index contributed by atoms with van der Waals surface area (Å²) in [6, 6.07) is 5.59. The van der Waals surface area contributed by atoms with Crippen LogP contribution in [0.5, 0.6) is 0 Å². The molecule has 0 heterocycles. The van der Waals surface area contributed by atoms with E-state index >= 15 is 0 Å². The van der Waals surface area contributed by atoms with E-state index in [-0.39, 0.29) is 15.7 Å². The molecule has 0 radical (unpaired) electrons. The topological polar surface area (TPSA) is 73.7 Å². The number of hydrogen-bond donors (Lipinski definition) is 3. The van der Waals surface area contributed by atoms with Crippen molar-refractivity contribution in [1.29, 1.82) is 10.8 Å². The molecule has 0 unspecified atom stereocenters. The van der Waals surface area contributed by atoms with Crippen LogP contribution in [0.1, 0.15) is 12.5 Å². The van der Waals surface area contributed by atoms with Crippen molar-refractivity contribution in [1.82, 2.24) is 0 Å². The average molecular weight is 225 g/mol. The lowest BCUT2D eigenvalue weighted by atomic mass is 10.2. The lowest BCUT2D eigenvalue weighted by Crippen LogP contribution is -2.24. The van der Waals surface area contributed by atoms with Gasteiger partial charge >= 0.3 is 0 Å². The summed E-state index contributed by atoms with van der Waals surface area (Å²) < 4.78 is 13.2. The SMILES string of the molecule is C[C@@H](N)C(=N)SC(=N)c1ccccc1F. The summed E-state index contributed by atoms with van der Waals surface area (Å²) in [4.78, 5) is 0. The first kappa shape index (κ1) is 11.9. The Balaban J connectivity index is 2.79. The molecule has 5 heteroatoms. The minimum atomic E-state index is -0.451. The number of hydrogen-bond acceptors (Lipinski definition) is 4. The smallest absolute Gasteiger partial charge is 0.133 e. The number of halogens is 1. The van der Waals surface area contributed by atoms with Crippen molar-refractivity contribution < 1.29 is 4.39 Å². The van der Waals surface area contributed by atoms with Crippen LogP contribution in [0.2, 0.25) is 0 Å². The van der Waals surface area contributed by atoms with Crippen LogP contribution in [-0.2, 0) is 0 Å². The molecule has 0 saturated carbocycles. The molecule has 80 valence electrons. The highest BCUT2D eigenvalue weighted by atomic mass is 32.2. The van der Waals surface area contributed by atoms with Gasteiger partial charge in [0.1, 0.15) is 10.9 Å². The van der Waals surface area contributed by atoms with E-state index < -0.39 is 11.9 Å². The number of nitrogens with one attached hydrogen (secondary N) is 2. The predicted molar refractivity (Wildman–Crippen MR) is 62.2 cm³/mol. The van der Waals surface area contributed by atoms with Gasteiger partial charge < -0.3 is 5.73 Å². The van der Waals surface area contributed by atoms with E-state index in [0.717, 1.165) is 11.8 Å². The molecule has 0 amide bonds. The van der Waals surface area contributed by atoms with Crippen LogP contribution in [0.4, 0.5) is 4.39 Å². The summed E-state index contributed by atoms with van der Waals surface area (Å²) in [6.07, 6.45) is 0. The molecule has 0 saturated heterocycles. The van der Waals surface area contributed by atoms with Gasteiger partial charge in [0.25, 0.3) is 0 Å². The Morgan fingerprint density at radius 3 is 2.53 bits per heavy atom. The second kappa shape index (κ2) is 5.04. The van der Waals surface area contributed by atoms with Crippen LogP contribution in [-0.4, -0.2) is 16.1 Å². The van der Waals surface area contributed by atoms with Gasteiger partial charge in [-0.1, -0.05) is 23.9 Å². The molecule has 1 aromatic rings.